The fourth-order valence-electron chi connectivity index (χ4n) is 1.84. The molecule has 0 fully saturated rings. The maximum atomic E-state index is 6.58. The van der Waals surface area contributed by atoms with Crippen molar-refractivity contribution in [1.82, 2.24) is 0 Å². The Morgan fingerprint density at radius 2 is 2.05 bits per heavy atom. The Morgan fingerprint density at radius 1 is 1.26 bits per heavy atom. The molecule has 0 aliphatic carbocycles. The minimum absolute atomic E-state index is 0.115. The first-order valence-electron chi connectivity index (χ1n) is 6.30. The maximum absolute atomic E-state index is 6.58. The number of aryl methyl sites for hydroxylation is 1. The summed E-state index contributed by atoms with van der Waals surface area (Å²) in [5.41, 5.74) is 1.08. The second-order valence-electron chi connectivity index (χ2n) is 4.14. The van der Waals surface area contributed by atoms with Crippen LogP contribution in [0.2, 0.25) is 0 Å². The Morgan fingerprint density at radius 3 is 2.63 bits per heavy atom. The third-order valence-electron chi connectivity index (χ3n) is 2.84. The van der Waals surface area contributed by atoms with Crippen molar-refractivity contribution >= 4 is 38.9 Å². The number of alkyl halides is 1. The molecule has 0 aliphatic rings. The van der Waals surface area contributed by atoms with Gasteiger partial charge in [-0.15, -0.1) is 22.9 Å². The zero-order chi connectivity index (χ0) is 13.8. The summed E-state index contributed by atoms with van der Waals surface area (Å²) in [6, 6.07) is 10.2. The van der Waals surface area contributed by atoms with Gasteiger partial charge in [-0.1, -0.05) is 28.9 Å². The maximum Gasteiger partial charge on any atom is 0.120 e. The smallest absolute Gasteiger partial charge is 0.120 e. The minimum Gasteiger partial charge on any atom is -0.494 e. The van der Waals surface area contributed by atoms with E-state index in [1.165, 1.54) is 9.75 Å². The van der Waals surface area contributed by atoms with Crippen LogP contribution in [0.15, 0.2) is 34.8 Å². The van der Waals surface area contributed by atoms with Gasteiger partial charge in [0.15, 0.2) is 0 Å². The summed E-state index contributed by atoms with van der Waals surface area (Å²) in [7, 11) is 0. The van der Waals surface area contributed by atoms with Gasteiger partial charge in [0.25, 0.3) is 0 Å². The normalized spacial score (nSPS) is 12.4. The van der Waals surface area contributed by atoms with E-state index in [-0.39, 0.29) is 5.38 Å². The molecule has 1 aromatic heterocycles. The van der Waals surface area contributed by atoms with Gasteiger partial charge in [-0.05, 0) is 43.2 Å². The van der Waals surface area contributed by atoms with Crippen LogP contribution in [-0.2, 0) is 6.42 Å². The van der Waals surface area contributed by atoms with Crippen LogP contribution in [0.3, 0.4) is 0 Å². The van der Waals surface area contributed by atoms with Crippen molar-refractivity contribution in [3.8, 4) is 5.75 Å². The molecule has 102 valence electrons. The van der Waals surface area contributed by atoms with Crippen molar-refractivity contribution in [2.75, 3.05) is 6.61 Å². The summed E-state index contributed by atoms with van der Waals surface area (Å²) < 4.78 is 6.47. The number of halogens is 2. The number of rotatable bonds is 5. The van der Waals surface area contributed by atoms with Crippen LogP contribution in [0.25, 0.3) is 0 Å². The number of ether oxygens (including phenoxy) is 1. The standard InChI is InChI=1S/C15H16BrClOS/c1-3-11-6-8-14(19-11)15(17)12-7-5-10(18-4-2)9-13(12)16/h5-9,15H,3-4H2,1-2H3. The number of benzene rings is 1. The molecule has 0 saturated heterocycles. The van der Waals surface area contributed by atoms with Gasteiger partial charge in [0, 0.05) is 14.2 Å². The van der Waals surface area contributed by atoms with Crippen LogP contribution in [0.5, 0.6) is 5.75 Å². The van der Waals surface area contributed by atoms with Crippen LogP contribution in [0.4, 0.5) is 0 Å². The van der Waals surface area contributed by atoms with E-state index in [0.29, 0.717) is 6.61 Å². The van der Waals surface area contributed by atoms with Gasteiger partial charge in [-0.25, -0.2) is 0 Å². The van der Waals surface area contributed by atoms with Crippen molar-refractivity contribution in [2.45, 2.75) is 25.6 Å². The van der Waals surface area contributed by atoms with Gasteiger partial charge in [0.1, 0.15) is 5.75 Å². The number of hydrogen-bond acceptors (Lipinski definition) is 2. The lowest BCUT2D eigenvalue weighted by Crippen LogP contribution is -1.95. The summed E-state index contributed by atoms with van der Waals surface area (Å²) in [5, 5.41) is -0.115. The molecule has 0 aliphatic heterocycles. The molecule has 19 heavy (non-hydrogen) atoms. The first kappa shape index (κ1) is 14.9. The summed E-state index contributed by atoms with van der Waals surface area (Å²) in [6.45, 7) is 4.80. The molecule has 2 aromatic rings. The number of thiophene rings is 1. The average Bonchev–Trinajstić information content (AvgIpc) is 2.87. The second-order valence-corrected chi connectivity index (χ2v) is 6.63. The fourth-order valence-corrected chi connectivity index (χ4v) is 3.91. The lowest BCUT2D eigenvalue weighted by molar-refractivity contribution is 0.340. The lowest BCUT2D eigenvalue weighted by Gasteiger charge is -2.12. The fraction of sp³-hybridized carbons (Fsp3) is 0.333. The van der Waals surface area contributed by atoms with E-state index in [0.717, 1.165) is 22.2 Å². The second kappa shape index (κ2) is 6.78. The SMILES string of the molecule is CCOc1ccc(C(Cl)c2ccc(CC)s2)c(Br)c1. The average molecular weight is 360 g/mol. The molecule has 0 amide bonds. The molecule has 1 atom stereocenters. The van der Waals surface area contributed by atoms with Crippen LogP contribution < -0.4 is 4.74 Å². The predicted octanol–water partition coefficient (Wildman–Crippen LogP) is 5.80. The Balaban J connectivity index is 2.25. The van der Waals surface area contributed by atoms with Crippen molar-refractivity contribution in [3.05, 3.63) is 50.1 Å². The van der Waals surface area contributed by atoms with Gasteiger partial charge in [0.2, 0.25) is 0 Å². The Labute approximate surface area is 131 Å². The molecule has 1 heterocycles. The van der Waals surface area contributed by atoms with E-state index in [9.17, 15) is 0 Å². The van der Waals surface area contributed by atoms with Crippen LogP contribution in [0, 0.1) is 0 Å². The van der Waals surface area contributed by atoms with E-state index in [4.69, 9.17) is 16.3 Å². The number of hydrogen-bond donors (Lipinski definition) is 0. The highest BCUT2D eigenvalue weighted by Crippen LogP contribution is 2.38. The van der Waals surface area contributed by atoms with E-state index < -0.39 is 0 Å². The van der Waals surface area contributed by atoms with E-state index in [1.807, 2.05) is 25.1 Å². The minimum atomic E-state index is -0.115. The highest BCUT2D eigenvalue weighted by atomic mass is 79.9. The predicted molar refractivity (Wildman–Crippen MR) is 86.7 cm³/mol. The quantitative estimate of drug-likeness (QED) is 0.613. The van der Waals surface area contributed by atoms with Gasteiger partial charge in [-0.3, -0.25) is 0 Å². The molecule has 0 radical (unpaired) electrons. The zero-order valence-corrected chi connectivity index (χ0v) is 14.1. The van der Waals surface area contributed by atoms with E-state index in [2.05, 4.69) is 35.0 Å². The van der Waals surface area contributed by atoms with Gasteiger partial charge in [0.05, 0.1) is 12.0 Å². The molecule has 0 saturated carbocycles. The first-order valence-corrected chi connectivity index (χ1v) is 8.35. The largest absolute Gasteiger partial charge is 0.494 e. The van der Waals surface area contributed by atoms with Gasteiger partial charge >= 0.3 is 0 Å². The molecule has 4 heteroatoms. The summed E-state index contributed by atoms with van der Waals surface area (Å²) in [4.78, 5) is 2.55. The molecular weight excluding hydrogens is 344 g/mol. The molecule has 0 bridgehead atoms. The van der Waals surface area contributed by atoms with Crippen molar-refractivity contribution in [2.24, 2.45) is 0 Å². The lowest BCUT2D eigenvalue weighted by atomic mass is 10.1. The Hall–Kier alpha value is -0.510. The van der Waals surface area contributed by atoms with Crippen LogP contribution in [-0.4, -0.2) is 6.61 Å². The molecule has 1 nitrogen and oxygen atoms in total. The molecule has 0 spiro atoms. The molecule has 0 N–H and O–H groups in total. The summed E-state index contributed by atoms with van der Waals surface area (Å²) in [6.07, 6.45) is 1.05. The molecule has 1 unspecified atom stereocenters. The highest BCUT2D eigenvalue weighted by molar-refractivity contribution is 9.10. The third-order valence-corrected chi connectivity index (χ3v) is 5.42. The zero-order valence-electron chi connectivity index (χ0n) is 11.0. The van der Waals surface area contributed by atoms with Gasteiger partial charge < -0.3 is 4.74 Å². The summed E-state index contributed by atoms with van der Waals surface area (Å²) >= 11 is 11.9. The Kier molecular flexibility index (Phi) is 5.31. The van der Waals surface area contributed by atoms with E-state index >= 15 is 0 Å². The Bertz CT molecular complexity index is 553. The molecule has 1 aromatic carbocycles. The highest BCUT2D eigenvalue weighted by Gasteiger charge is 2.16. The van der Waals surface area contributed by atoms with E-state index in [1.54, 1.807) is 11.3 Å². The topological polar surface area (TPSA) is 9.23 Å². The van der Waals surface area contributed by atoms with Gasteiger partial charge in [-0.2, -0.15) is 0 Å². The van der Waals surface area contributed by atoms with Crippen molar-refractivity contribution in [3.63, 3.8) is 0 Å². The van der Waals surface area contributed by atoms with Crippen LogP contribution in [0.1, 0.15) is 34.5 Å². The first-order chi connectivity index (χ1) is 9.15. The molecular formula is C15H16BrClOS. The van der Waals surface area contributed by atoms with Crippen molar-refractivity contribution < 1.29 is 4.74 Å². The molecule has 2 rings (SSSR count). The van der Waals surface area contributed by atoms with Crippen molar-refractivity contribution in [1.29, 1.82) is 0 Å². The van der Waals surface area contributed by atoms with Crippen LogP contribution >= 0.6 is 38.9 Å². The monoisotopic (exact) mass is 358 g/mol. The summed E-state index contributed by atoms with van der Waals surface area (Å²) in [5.74, 6) is 0.863. The third kappa shape index (κ3) is 3.53.